The predicted octanol–water partition coefficient (Wildman–Crippen LogP) is 0.945. The third kappa shape index (κ3) is 5.04. The molecule has 0 aromatic rings. The Labute approximate surface area is 109 Å². The topological polar surface area (TPSA) is 69.6 Å². The highest BCUT2D eigenvalue weighted by molar-refractivity contribution is 5.77. The minimum absolute atomic E-state index is 0.0690. The lowest BCUT2D eigenvalue weighted by Gasteiger charge is -2.33. The van der Waals surface area contributed by atoms with Crippen LogP contribution in [0.3, 0.4) is 0 Å². The summed E-state index contributed by atoms with van der Waals surface area (Å²) in [5.74, 6) is -0.284. The smallest absolute Gasteiger partial charge is 0.303 e. The maximum atomic E-state index is 12.1. The first-order valence-electron chi connectivity index (χ1n) is 6.67. The predicted molar refractivity (Wildman–Crippen MR) is 69.3 cm³/mol. The van der Waals surface area contributed by atoms with Crippen LogP contribution in [0.1, 0.15) is 32.6 Å². The summed E-state index contributed by atoms with van der Waals surface area (Å²) >= 11 is 0. The second-order valence-corrected chi connectivity index (χ2v) is 5.31. The lowest BCUT2D eigenvalue weighted by molar-refractivity contribution is -0.139. The number of carboxylic acids is 1. The molecule has 1 amide bonds. The number of aliphatic carboxylic acids is 1. The van der Waals surface area contributed by atoms with Crippen molar-refractivity contribution in [3.63, 3.8) is 0 Å². The van der Waals surface area contributed by atoms with Crippen LogP contribution >= 0.6 is 0 Å². The maximum Gasteiger partial charge on any atom is 0.303 e. The van der Waals surface area contributed by atoms with Crippen molar-refractivity contribution in [1.82, 2.24) is 10.2 Å². The fourth-order valence-corrected chi connectivity index (χ4v) is 2.54. The molecule has 2 atom stereocenters. The van der Waals surface area contributed by atoms with E-state index in [1.165, 1.54) is 0 Å². The molecule has 0 aliphatic carbocycles. The Kier molecular flexibility index (Phi) is 6.12. The third-order valence-electron chi connectivity index (χ3n) is 3.41. The Bertz CT molecular complexity index is 292. The molecule has 104 valence electrons. The number of hydrogen-bond acceptors (Lipinski definition) is 3. The lowest BCUT2D eigenvalue weighted by atomic mass is 9.96. The van der Waals surface area contributed by atoms with Crippen molar-refractivity contribution in [2.24, 2.45) is 11.8 Å². The monoisotopic (exact) mass is 256 g/mol. The van der Waals surface area contributed by atoms with E-state index in [4.69, 9.17) is 5.11 Å². The van der Waals surface area contributed by atoms with E-state index in [1.54, 1.807) is 0 Å². The molecule has 0 radical (unpaired) electrons. The van der Waals surface area contributed by atoms with Gasteiger partial charge in [-0.25, -0.2) is 0 Å². The van der Waals surface area contributed by atoms with Gasteiger partial charge in [0, 0.05) is 25.9 Å². The van der Waals surface area contributed by atoms with Gasteiger partial charge in [-0.2, -0.15) is 0 Å². The molecule has 2 N–H and O–H groups in total. The van der Waals surface area contributed by atoms with Crippen LogP contribution in [0, 0.1) is 11.8 Å². The van der Waals surface area contributed by atoms with Gasteiger partial charge in [-0.1, -0.05) is 6.92 Å². The Morgan fingerprint density at radius 3 is 2.78 bits per heavy atom. The Morgan fingerprint density at radius 1 is 1.44 bits per heavy atom. The normalized spacial score (nSPS) is 21.7. The van der Waals surface area contributed by atoms with E-state index in [1.807, 2.05) is 18.9 Å². The van der Waals surface area contributed by atoms with Crippen molar-refractivity contribution in [2.75, 3.05) is 26.7 Å². The van der Waals surface area contributed by atoms with Crippen molar-refractivity contribution in [1.29, 1.82) is 0 Å². The molecule has 1 aliphatic heterocycles. The standard InChI is InChI=1S/C13H24N2O3/c1-10(7-13(17)18)6-12(16)15-5-3-4-11(9-15)8-14-2/h10-11,14H,3-9H2,1-2H3,(H,17,18). The van der Waals surface area contributed by atoms with Crippen LogP contribution in [0.2, 0.25) is 0 Å². The number of carbonyl (C=O) groups is 2. The Balaban J connectivity index is 2.38. The zero-order valence-electron chi connectivity index (χ0n) is 11.3. The Hall–Kier alpha value is -1.10. The molecular formula is C13H24N2O3. The number of likely N-dealkylation sites (tertiary alicyclic amines) is 1. The first kappa shape index (κ1) is 15.0. The van der Waals surface area contributed by atoms with Crippen molar-refractivity contribution in [2.45, 2.75) is 32.6 Å². The van der Waals surface area contributed by atoms with E-state index in [0.29, 0.717) is 12.3 Å². The van der Waals surface area contributed by atoms with E-state index in [0.717, 1.165) is 32.5 Å². The van der Waals surface area contributed by atoms with Gasteiger partial charge >= 0.3 is 5.97 Å². The van der Waals surface area contributed by atoms with Crippen LogP contribution in [0.5, 0.6) is 0 Å². The van der Waals surface area contributed by atoms with Gasteiger partial charge in [0.15, 0.2) is 0 Å². The summed E-state index contributed by atoms with van der Waals surface area (Å²) in [6.45, 7) is 4.38. The van der Waals surface area contributed by atoms with Gasteiger partial charge in [-0.05, 0) is 38.3 Å². The number of rotatable bonds is 6. The molecule has 0 spiro atoms. The minimum Gasteiger partial charge on any atom is -0.481 e. The van der Waals surface area contributed by atoms with Gasteiger partial charge in [0.2, 0.25) is 5.91 Å². The van der Waals surface area contributed by atoms with Crippen molar-refractivity contribution in [3.05, 3.63) is 0 Å². The van der Waals surface area contributed by atoms with Gasteiger partial charge < -0.3 is 15.3 Å². The highest BCUT2D eigenvalue weighted by Gasteiger charge is 2.24. The first-order valence-corrected chi connectivity index (χ1v) is 6.67. The number of nitrogens with zero attached hydrogens (tertiary/aromatic N) is 1. The van der Waals surface area contributed by atoms with Crippen LogP contribution in [0.15, 0.2) is 0 Å². The van der Waals surface area contributed by atoms with Crippen LogP contribution in [-0.4, -0.2) is 48.6 Å². The summed E-state index contributed by atoms with van der Waals surface area (Å²) in [5.41, 5.74) is 0. The molecule has 1 saturated heterocycles. The van der Waals surface area contributed by atoms with Gasteiger partial charge in [0.1, 0.15) is 0 Å². The summed E-state index contributed by atoms with van der Waals surface area (Å²) in [6, 6.07) is 0. The van der Waals surface area contributed by atoms with Crippen LogP contribution in [-0.2, 0) is 9.59 Å². The summed E-state index contributed by atoms with van der Waals surface area (Å²) < 4.78 is 0. The molecule has 0 saturated carbocycles. The minimum atomic E-state index is -0.831. The van der Waals surface area contributed by atoms with Gasteiger partial charge in [0.05, 0.1) is 0 Å². The van der Waals surface area contributed by atoms with Crippen LogP contribution < -0.4 is 5.32 Å². The molecule has 1 aliphatic rings. The van der Waals surface area contributed by atoms with Crippen molar-refractivity contribution >= 4 is 11.9 Å². The second-order valence-electron chi connectivity index (χ2n) is 5.31. The summed E-state index contributed by atoms with van der Waals surface area (Å²) in [6.07, 6.45) is 2.62. The average molecular weight is 256 g/mol. The van der Waals surface area contributed by atoms with E-state index >= 15 is 0 Å². The highest BCUT2D eigenvalue weighted by Crippen LogP contribution is 2.18. The van der Waals surface area contributed by atoms with Gasteiger partial charge in [-0.3, -0.25) is 9.59 Å². The molecular weight excluding hydrogens is 232 g/mol. The summed E-state index contributed by atoms with van der Waals surface area (Å²) in [4.78, 5) is 24.5. The number of carboxylic acid groups (broad SMARTS) is 1. The van der Waals surface area contributed by atoms with E-state index < -0.39 is 5.97 Å². The zero-order valence-corrected chi connectivity index (χ0v) is 11.3. The molecule has 5 nitrogen and oxygen atoms in total. The quantitative estimate of drug-likeness (QED) is 0.742. The van der Waals surface area contributed by atoms with E-state index in [2.05, 4.69) is 5.32 Å². The molecule has 2 unspecified atom stereocenters. The second kappa shape index (κ2) is 7.36. The lowest BCUT2D eigenvalue weighted by Crippen LogP contribution is -2.42. The number of nitrogens with one attached hydrogen (secondary N) is 1. The first-order chi connectivity index (χ1) is 8.52. The summed E-state index contributed by atoms with van der Waals surface area (Å²) in [5, 5.41) is 11.8. The van der Waals surface area contributed by atoms with Crippen molar-refractivity contribution < 1.29 is 14.7 Å². The highest BCUT2D eigenvalue weighted by atomic mass is 16.4. The maximum absolute atomic E-state index is 12.1. The fraction of sp³-hybridized carbons (Fsp3) is 0.846. The number of amides is 1. The Morgan fingerprint density at radius 2 is 2.17 bits per heavy atom. The number of piperidine rings is 1. The van der Waals surface area contributed by atoms with E-state index in [-0.39, 0.29) is 18.2 Å². The molecule has 1 heterocycles. The molecule has 0 aromatic carbocycles. The average Bonchev–Trinajstić information content (AvgIpc) is 2.28. The van der Waals surface area contributed by atoms with Crippen molar-refractivity contribution in [3.8, 4) is 0 Å². The largest absolute Gasteiger partial charge is 0.481 e. The molecule has 1 rings (SSSR count). The molecule has 5 heteroatoms. The van der Waals surface area contributed by atoms with Crippen LogP contribution in [0.4, 0.5) is 0 Å². The van der Waals surface area contributed by atoms with Crippen LogP contribution in [0.25, 0.3) is 0 Å². The zero-order chi connectivity index (χ0) is 13.5. The van der Waals surface area contributed by atoms with Gasteiger partial charge in [0.25, 0.3) is 0 Å². The van der Waals surface area contributed by atoms with Gasteiger partial charge in [-0.15, -0.1) is 0 Å². The molecule has 0 aromatic heterocycles. The molecule has 18 heavy (non-hydrogen) atoms. The number of carbonyl (C=O) groups excluding carboxylic acids is 1. The third-order valence-corrected chi connectivity index (χ3v) is 3.41. The number of hydrogen-bond donors (Lipinski definition) is 2. The van der Waals surface area contributed by atoms with E-state index in [9.17, 15) is 9.59 Å². The molecule has 1 fully saturated rings. The summed E-state index contributed by atoms with van der Waals surface area (Å²) in [7, 11) is 1.93. The molecule has 0 bridgehead atoms. The SMILES string of the molecule is CNCC1CCCN(C(=O)CC(C)CC(=O)O)C1. The fourth-order valence-electron chi connectivity index (χ4n) is 2.54.